The molecule has 0 bridgehead atoms. The van der Waals surface area contributed by atoms with Gasteiger partial charge in [-0.3, -0.25) is 9.59 Å². The average molecular weight is 355 g/mol. The Balaban J connectivity index is 1.66. The minimum absolute atomic E-state index is 0.144. The first-order valence-electron chi connectivity index (χ1n) is 8.30. The summed E-state index contributed by atoms with van der Waals surface area (Å²) in [5.41, 5.74) is 1.42. The second-order valence-corrected chi connectivity index (χ2v) is 6.04. The van der Waals surface area contributed by atoms with Crippen LogP contribution in [0.1, 0.15) is 17.2 Å². The summed E-state index contributed by atoms with van der Waals surface area (Å²) in [5, 5.41) is 11.4. The van der Waals surface area contributed by atoms with Crippen molar-refractivity contribution in [1.29, 1.82) is 0 Å². The van der Waals surface area contributed by atoms with Crippen LogP contribution in [0.3, 0.4) is 0 Å². The van der Waals surface area contributed by atoms with Gasteiger partial charge in [0, 0.05) is 37.2 Å². The van der Waals surface area contributed by atoms with Crippen LogP contribution in [0.2, 0.25) is 0 Å². The normalized spacial score (nSPS) is 10.9. The lowest BCUT2D eigenvalue weighted by Gasteiger charge is -2.10. The van der Waals surface area contributed by atoms with Crippen molar-refractivity contribution < 1.29 is 4.79 Å². The molecule has 0 saturated heterocycles. The Kier molecular flexibility index (Phi) is 4.97. The molecule has 3 rings (SSSR count). The van der Waals surface area contributed by atoms with Crippen molar-refractivity contribution >= 4 is 5.91 Å². The Morgan fingerprint density at radius 1 is 1.19 bits per heavy atom. The zero-order valence-corrected chi connectivity index (χ0v) is 15.0. The van der Waals surface area contributed by atoms with Crippen molar-refractivity contribution in [2.75, 3.05) is 6.54 Å². The lowest BCUT2D eigenvalue weighted by molar-refractivity contribution is -0.121. The molecule has 0 saturated carbocycles. The first-order valence-corrected chi connectivity index (χ1v) is 8.30. The van der Waals surface area contributed by atoms with Crippen molar-refractivity contribution in [1.82, 2.24) is 34.4 Å². The van der Waals surface area contributed by atoms with Gasteiger partial charge in [-0.1, -0.05) is 0 Å². The van der Waals surface area contributed by atoms with Crippen molar-refractivity contribution in [3.63, 3.8) is 0 Å². The molecule has 0 aliphatic rings. The molecule has 3 aromatic rings. The number of nitrogens with one attached hydrogen (secondary N) is 1. The zero-order chi connectivity index (χ0) is 18.7. The van der Waals surface area contributed by atoms with E-state index in [9.17, 15) is 9.59 Å². The van der Waals surface area contributed by atoms with Gasteiger partial charge >= 0.3 is 0 Å². The Hall–Kier alpha value is -3.23. The first-order chi connectivity index (χ1) is 12.4. The van der Waals surface area contributed by atoms with Crippen LogP contribution in [0.15, 0.2) is 35.4 Å². The molecule has 3 heterocycles. The molecule has 0 spiro atoms. The third-order valence-corrected chi connectivity index (χ3v) is 3.97. The monoisotopic (exact) mass is 355 g/mol. The summed E-state index contributed by atoms with van der Waals surface area (Å²) in [5.74, 6) is 1.11. The standard InChI is InChI=1S/C17H21N7O2/c1-12-10-13(2)24(20-12)15-4-5-17(26)23(21-15)11-16(25)19-7-9-22-8-6-18-14(22)3/h4-6,8,10H,7,9,11H2,1-3H3,(H,19,25). The van der Waals surface area contributed by atoms with Crippen LogP contribution in [-0.2, 0) is 17.9 Å². The number of aryl methyl sites for hydroxylation is 3. The van der Waals surface area contributed by atoms with E-state index >= 15 is 0 Å². The first kappa shape index (κ1) is 17.6. The van der Waals surface area contributed by atoms with E-state index in [4.69, 9.17) is 0 Å². The van der Waals surface area contributed by atoms with Gasteiger partial charge in [0.05, 0.1) is 5.69 Å². The highest BCUT2D eigenvalue weighted by Gasteiger charge is 2.10. The molecule has 9 heteroatoms. The molecule has 0 radical (unpaired) electrons. The maximum absolute atomic E-state index is 12.1. The molecule has 3 aromatic heterocycles. The van der Waals surface area contributed by atoms with Gasteiger partial charge in [-0.15, -0.1) is 5.10 Å². The third-order valence-electron chi connectivity index (χ3n) is 3.97. The second-order valence-electron chi connectivity index (χ2n) is 6.04. The number of rotatable bonds is 6. The highest BCUT2D eigenvalue weighted by atomic mass is 16.2. The number of imidazole rings is 1. The van der Waals surface area contributed by atoms with E-state index in [-0.39, 0.29) is 18.0 Å². The summed E-state index contributed by atoms with van der Waals surface area (Å²) < 4.78 is 4.72. The number of amides is 1. The van der Waals surface area contributed by atoms with Crippen LogP contribution >= 0.6 is 0 Å². The number of carbonyl (C=O) groups is 1. The lowest BCUT2D eigenvalue weighted by atomic mass is 10.4. The van der Waals surface area contributed by atoms with Crippen LogP contribution in [-0.4, -0.2) is 41.6 Å². The maximum Gasteiger partial charge on any atom is 0.267 e. The summed E-state index contributed by atoms with van der Waals surface area (Å²) in [6.45, 7) is 6.61. The van der Waals surface area contributed by atoms with Gasteiger partial charge in [-0.2, -0.15) is 5.10 Å². The minimum Gasteiger partial charge on any atom is -0.353 e. The van der Waals surface area contributed by atoms with Crippen molar-refractivity contribution in [2.45, 2.75) is 33.9 Å². The molecular weight excluding hydrogens is 334 g/mol. The number of hydrogen-bond donors (Lipinski definition) is 1. The molecular formula is C17H21N7O2. The summed E-state index contributed by atoms with van der Waals surface area (Å²) in [6.07, 6.45) is 3.57. The lowest BCUT2D eigenvalue weighted by Crippen LogP contribution is -2.35. The number of hydrogen-bond acceptors (Lipinski definition) is 5. The SMILES string of the molecule is Cc1cc(C)n(-c2ccc(=O)n(CC(=O)NCCn3ccnc3C)n2)n1. The van der Waals surface area contributed by atoms with Crippen molar-refractivity contribution in [2.24, 2.45) is 0 Å². The highest BCUT2D eigenvalue weighted by molar-refractivity contribution is 5.75. The summed E-state index contributed by atoms with van der Waals surface area (Å²) >= 11 is 0. The van der Waals surface area contributed by atoms with Gasteiger partial charge in [-0.05, 0) is 32.9 Å². The largest absolute Gasteiger partial charge is 0.353 e. The van der Waals surface area contributed by atoms with E-state index in [1.807, 2.05) is 37.6 Å². The Labute approximate surface area is 150 Å². The van der Waals surface area contributed by atoms with Gasteiger partial charge in [0.15, 0.2) is 5.82 Å². The molecule has 0 unspecified atom stereocenters. The van der Waals surface area contributed by atoms with E-state index in [1.165, 1.54) is 6.07 Å². The Morgan fingerprint density at radius 3 is 2.65 bits per heavy atom. The van der Waals surface area contributed by atoms with Crippen LogP contribution in [0, 0.1) is 20.8 Å². The predicted molar refractivity (Wildman–Crippen MR) is 95.1 cm³/mol. The molecule has 0 aliphatic carbocycles. The number of aromatic nitrogens is 6. The fraction of sp³-hybridized carbons (Fsp3) is 0.353. The molecule has 0 aromatic carbocycles. The predicted octanol–water partition coefficient (Wildman–Crippen LogP) is 0.367. The third kappa shape index (κ3) is 3.88. The summed E-state index contributed by atoms with van der Waals surface area (Å²) in [7, 11) is 0. The van der Waals surface area contributed by atoms with Gasteiger partial charge < -0.3 is 9.88 Å². The average Bonchev–Trinajstić information content (AvgIpc) is 3.14. The van der Waals surface area contributed by atoms with E-state index in [0.717, 1.165) is 21.9 Å². The molecule has 136 valence electrons. The van der Waals surface area contributed by atoms with Crippen molar-refractivity contribution in [3.05, 3.63) is 58.2 Å². The van der Waals surface area contributed by atoms with Crippen LogP contribution in [0.5, 0.6) is 0 Å². The topological polar surface area (TPSA) is 99.6 Å². The molecule has 0 fully saturated rings. The zero-order valence-electron chi connectivity index (χ0n) is 15.0. The van der Waals surface area contributed by atoms with Crippen molar-refractivity contribution in [3.8, 4) is 5.82 Å². The summed E-state index contributed by atoms with van der Waals surface area (Å²) in [4.78, 5) is 28.3. The molecule has 9 nitrogen and oxygen atoms in total. The van der Waals surface area contributed by atoms with Gasteiger partial charge in [0.2, 0.25) is 5.91 Å². The van der Waals surface area contributed by atoms with Gasteiger partial charge in [-0.25, -0.2) is 14.3 Å². The highest BCUT2D eigenvalue weighted by Crippen LogP contribution is 2.07. The van der Waals surface area contributed by atoms with Crippen LogP contribution < -0.4 is 10.9 Å². The fourth-order valence-electron chi connectivity index (χ4n) is 2.67. The molecule has 0 aliphatic heterocycles. The summed E-state index contributed by atoms with van der Waals surface area (Å²) in [6, 6.07) is 4.90. The maximum atomic E-state index is 12.1. The number of nitrogens with zero attached hydrogens (tertiary/aromatic N) is 6. The molecule has 26 heavy (non-hydrogen) atoms. The second kappa shape index (κ2) is 7.34. The fourth-order valence-corrected chi connectivity index (χ4v) is 2.67. The molecule has 0 atom stereocenters. The smallest absolute Gasteiger partial charge is 0.267 e. The van der Waals surface area contributed by atoms with Gasteiger partial charge in [0.1, 0.15) is 12.4 Å². The van der Waals surface area contributed by atoms with E-state index in [0.29, 0.717) is 18.9 Å². The van der Waals surface area contributed by atoms with E-state index < -0.39 is 0 Å². The van der Waals surface area contributed by atoms with E-state index in [2.05, 4.69) is 20.5 Å². The molecule has 1 amide bonds. The Bertz CT molecular complexity index is 983. The number of carbonyl (C=O) groups excluding carboxylic acids is 1. The van der Waals surface area contributed by atoms with Gasteiger partial charge in [0.25, 0.3) is 5.56 Å². The van der Waals surface area contributed by atoms with Crippen LogP contribution in [0.25, 0.3) is 5.82 Å². The van der Waals surface area contributed by atoms with E-state index in [1.54, 1.807) is 16.9 Å². The Morgan fingerprint density at radius 2 is 2.00 bits per heavy atom. The van der Waals surface area contributed by atoms with Crippen LogP contribution in [0.4, 0.5) is 0 Å². The minimum atomic E-state index is -0.337. The quantitative estimate of drug-likeness (QED) is 0.688. The molecule has 1 N–H and O–H groups in total.